The molecular weight excluding hydrogens is 320 g/mol. The zero-order valence-electron chi connectivity index (χ0n) is 16.0. The summed E-state index contributed by atoms with van der Waals surface area (Å²) in [6, 6.07) is 18.8. The highest BCUT2D eigenvalue weighted by atomic mass is 15.2. The predicted octanol–water partition coefficient (Wildman–Crippen LogP) is 5.17. The average Bonchev–Trinajstić information content (AvgIpc) is 2.63. The molecule has 0 aliphatic carbocycles. The molecule has 26 heavy (non-hydrogen) atoms. The highest BCUT2D eigenvalue weighted by Crippen LogP contribution is 2.24. The Hall–Kier alpha value is -2.88. The van der Waals surface area contributed by atoms with Gasteiger partial charge in [-0.25, -0.2) is 4.98 Å². The SMILES string of the molecule is CCN(Cc1ccccc1)c1cc(C)nc(Nc2c(C)cccc2C)n1. The summed E-state index contributed by atoms with van der Waals surface area (Å²) in [5, 5.41) is 3.42. The number of aromatic nitrogens is 2. The van der Waals surface area contributed by atoms with E-state index in [1.54, 1.807) is 0 Å². The molecule has 0 atom stereocenters. The monoisotopic (exact) mass is 346 g/mol. The third-order valence-electron chi connectivity index (χ3n) is 4.48. The summed E-state index contributed by atoms with van der Waals surface area (Å²) < 4.78 is 0. The van der Waals surface area contributed by atoms with Gasteiger partial charge in [0.1, 0.15) is 5.82 Å². The number of nitrogens with zero attached hydrogens (tertiary/aromatic N) is 3. The summed E-state index contributed by atoms with van der Waals surface area (Å²) in [6.45, 7) is 10.1. The minimum atomic E-state index is 0.643. The molecule has 1 aromatic heterocycles. The summed E-state index contributed by atoms with van der Waals surface area (Å²) in [6.07, 6.45) is 0. The molecule has 0 aliphatic rings. The molecule has 0 spiro atoms. The largest absolute Gasteiger partial charge is 0.352 e. The Morgan fingerprint density at radius 1 is 0.885 bits per heavy atom. The predicted molar refractivity (Wildman–Crippen MR) is 109 cm³/mol. The number of anilines is 3. The van der Waals surface area contributed by atoms with Gasteiger partial charge in [0.25, 0.3) is 0 Å². The van der Waals surface area contributed by atoms with Crippen molar-refractivity contribution < 1.29 is 0 Å². The summed E-state index contributed by atoms with van der Waals surface area (Å²) in [7, 11) is 0. The fraction of sp³-hybridized carbons (Fsp3) is 0.273. The van der Waals surface area contributed by atoms with E-state index in [4.69, 9.17) is 4.98 Å². The van der Waals surface area contributed by atoms with E-state index in [9.17, 15) is 0 Å². The zero-order valence-corrected chi connectivity index (χ0v) is 16.0. The van der Waals surface area contributed by atoms with Gasteiger partial charge in [0, 0.05) is 30.5 Å². The molecule has 0 radical (unpaired) electrons. The van der Waals surface area contributed by atoms with E-state index >= 15 is 0 Å². The number of hydrogen-bond donors (Lipinski definition) is 1. The number of rotatable bonds is 6. The highest BCUT2D eigenvalue weighted by Gasteiger charge is 2.11. The molecule has 0 unspecified atom stereocenters. The van der Waals surface area contributed by atoms with Crippen molar-refractivity contribution in [2.75, 3.05) is 16.8 Å². The summed E-state index contributed by atoms with van der Waals surface area (Å²) in [5.41, 5.74) is 5.68. The molecular formula is C22H26N4. The molecule has 0 fully saturated rings. The number of aryl methyl sites for hydroxylation is 3. The molecule has 134 valence electrons. The molecule has 0 bridgehead atoms. The van der Waals surface area contributed by atoms with Gasteiger partial charge in [-0.1, -0.05) is 48.5 Å². The van der Waals surface area contributed by atoms with Crippen molar-refractivity contribution in [3.63, 3.8) is 0 Å². The lowest BCUT2D eigenvalue weighted by atomic mass is 10.1. The molecule has 4 heteroatoms. The number of para-hydroxylation sites is 1. The zero-order chi connectivity index (χ0) is 18.5. The van der Waals surface area contributed by atoms with E-state index < -0.39 is 0 Å². The number of hydrogen-bond acceptors (Lipinski definition) is 4. The van der Waals surface area contributed by atoms with Crippen LogP contribution in [0.25, 0.3) is 0 Å². The van der Waals surface area contributed by atoms with E-state index in [1.165, 1.54) is 16.7 Å². The molecule has 0 aliphatic heterocycles. The molecule has 0 saturated heterocycles. The second-order valence-electron chi connectivity index (χ2n) is 6.58. The molecule has 1 heterocycles. The van der Waals surface area contributed by atoms with E-state index in [0.29, 0.717) is 5.95 Å². The molecule has 0 amide bonds. The second-order valence-corrected chi connectivity index (χ2v) is 6.58. The van der Waals surface area contributed by atoms with Crippen LogP contribution in [-0.4, -0.2) is 16.5 Å². The topological polar surface area (TPSA) is 41.1 Å². The Balaban J connectivity index is 1.89. The van der Waals surface area contributed by atoms with E-state index in [0.717, 1.165) is 30.3 Å². The van der Waals surface area contributed by atoms with Gasteiger partial charge in [-0.05, 0) is 44.4 Å². The first-order chi connectivity index (χ1) is 12.6. The lowest BCUT2D eigenvalue weighted by Crippen LogP contribution is -2.23. The van der Waals surface area contributed by atoms with Crippen molar-refractivity contribution in [1.82, 2.24) is 9.97 Å². The van der Waals surface area contributed by atoms with Gasteiger partial charge >= 0.3 is 0 Å². The minimum absolute atomic E-state index is 0.643. The molecule has 3 rings (SSSR count). The molecule has 0 saturated carbocycles. The Morgan fingerprint density at radius 3 is 2.23 bits per heavy atom. The Kier molecular flexibility index (Phi) is 5.52. The van der Waals surface area contributed by atoms with Crippen LogP contribution < -0.4 is 10.2 Å². The van der Waals surface area contributed by atoms with Crippen LogP contribution in [0.1, 0.15) is 29.3 Å². The van der Waals surface area contributed by atoms with Crippen LogP contribution >= 0.6 is 0 Å². The fourth-order valence-corrected chi connectivity index (χ4v) is 3.05. The van der Waals surface area contributed by atoms with Crippen molar-refractivity contribution in [1.29, 1.82) is 0 Å². The van der Waals surface area contributed by atoms with Gasteiger partial charge in [-0.15, -0.1) is 0 Å². The molecule has 3 aromatic rings. The van der Waals surface area contributed by atoms with Crippen LogP contribution in [0, 0.1) is 20.8 Å². The van der Waals surface area contributed by atoms with Gasteiger partial charge in [0.15, 0.2) is 0 Å². The number of nitrogens with one attached hydrogen (secondary N) is 1. The van der Waals surface area contributed by atoms with Gasteiger partial charge in [-0.3, -0.25) is 0 Å². The summed E-state index contributed by atoms with van der Waals surface area (Å²) >= 11 is 0. The maximum Gasteiger partial charge on any atom is 0.229 e. The van der Waals surface area contributed by atoms with Crippen molar-refractivity contribution in [3.8, 4) is 0 Å². The van der Waals surface area contributed by atoms with Crippen molar-refractivity contribution in [2.24, 2.45) is 0 Å². The Bertz CT molecular complexity index is 854. The van der Waals surface area contributed by atoms with E-state index in [-0.39, 0.29) is 0 Å². The normalized spacial score (nSPS) is 10.6. The van der Waals surface area contributed by atoms with Gasteiger partial charge < -0.3 is 10.2 Å². The van der Waals surface area contributed by atoms with Crippen LogP contribution in [0.15, 0.2) is 54.6 Å². The van der Waals surface area contributed by atoms with Crippen LogP contribution in [-0.2, 0) is 6.54 Å². The smallest absolute Gasteiger partial charge is 0.229 e. The first-order valence-corrected chi connectivity index (χ1v) is 9.04. The van der Waals surface area contributed by atoms with Crippen LogP contribution in [0.5, 0.6) is 0 Å². The van der Waals surface area contributed by atoms with Crippen LogP contribution in [0.4, 0.5) is 17.5 Å². The minimum Gasteiger partial charge on any atom is -0.352 e. The van der Waals surface area contributed by atoms with E-state index in [1.807, 2.05) is 19.1 Å². The molecule has 4 nitrogen and oxygen atoms in total. The number of benzene rings is 2. The maximum absolute atomic E-state index is 4.78. The summed E-state index contributed by atoms with van der Waals surface area (Å²) in [4.78, 5) is 11.6. The highest BCUT2D eigenvalue weighted by molar-refractivity contribution is 5.63. The standard InChI is InChI=1S/C22H26N4/c1-5-26(15-19-12-7-6-8-13-19)20-14-18(4)23-22(24-20)25-21-16(2)10-9-11-17(21)3/h6-14H,5,15H2,1-4H3,(H,23,24,25). The van der Waals surface area contributed by atoms with Gasteiger partial charge in [0.2, 0.25) is 5.95 Å². The third kappa shape index (κ3) is 4.20. The Labute approximate surface area is 155 Å². The molecule has 2 aromatic carbocycles. The first kappa shape index (κ1) is 17.9. The fourth-order valence-electron chi connectivity index (χ4n) is 3.05. The van der Waals surface area contributed by atoms with Crippen LogP contribution in [0.2, 0.25) is 0 Å². The summed E-state index contributed by atoms with van der Waals surface area (Å²) in [5.74, 6) is 1.58. The van der Waals surface area contributed by atoms with E-state index in [2.05, 4.69) is 78.4 Å². The van der Waals surface area contributed by atoms with Gasteiger partial charge in [-0.2, -0.15) is 4.98 Å². The lowest BCUT2D eigenvalue weighted by Gasteiger charge is -2.23. The average molecular weight is 346 g/mol. The lowest BCUT2D eigenvalue weighted by molar-refractivity contribution is 0.809. The second kappa shape index (κ2) is 8.00. The van der Waals surface area contributed by atoms with Crippen molar-refractivity contribution >= 4 is 17.5 Å². The quantitative estimate of drug-likeness (QED) is 0.668. The maximum atomic E-state index is 4.78. The van der Waals surface area contributed by atoms with Crippen molar-refractivity contribution in [2.45, 2.75) is 34.2 Å². The van der Waals surface area contributed by atoms with Crippen LogP contribution in [0.3, 0.4) is 0 Å². The van der Waals surface area contributed by atoms with Gasteiger partial charge in [0.05, 0.1) is 0 Å². The third-order valence-corrected chi connectivity index (χ3v) is 4.48. The van der Waals surface area contributed by atoms with Crippen molar-refractivity contribution in [3.05, 3.63) is 77.0 Å². The first-order valence-electron chi connectivity index (χ1n) is 9.04. The Morgan fingerprint density at radius 2 is 1.58 bits per heavy atom. The molecule has 1 N–H and O–H groups in total.